The van der Waals surface area contributed by atoms with E-state index in [0.717, 1.165) is 16.2 Å². The standard InChI is InChI=1S/C18H17N5O6S3/c19-3-4-30-5-8-6-31-16-12(15(27)23(16)13(8)17(28)29)22-14(26)9(1-2-11(24)25)10-7-32-18(20)21-10/h1,7,12,16H,2,4-6H2,(H2,20,21)(H,22,26)(H,24,25)(H,28,29)/b9-1+/t12-,16-/m1/s1. The summed E-state index contributed by atoms with van der Waals surface area (Å²) >= 11 is 3.65. The Balaban J connectivity index is 1.78. The number of nitrogens with zero attached hydrogens (tertiary/aromatic N) is 3. The van der Waals surface area contributed by atoms with Crippen LogP contribution in [-0.4, -0.2) is 72.5 Å². The number of thiazole rings is 1. The number of carbonyl (C=O) groups excluding carboxylic acids is 2. The van der Waals surface area contributed by atoms with Crippen LogP contribution in [0.1, 0.15) is 12.1 Å². The number of fused-ring (bicyclic) bond motifs is 1. The zero-order valence-electron chi connectivity index (χ0n) is 16.3. The van der Waals surface area contributed by atoms with Gasteiger partial charge in [0, 0.05) is 16.9 Å². The highest BCUT2D eigenvalue weighted by Gasteiger charge is 2.54. The molecule has 2 aliphatic rings. The van der Waals surface area contributed by atoms with E-state index in [-0.39, 0.29) is 27.8 Å². The largest absolute Gasteiger partial charge is 0.481 e. The zero-order chi connectivity index (χ0) is 23.4. The van der Waals surface area contributed by atoms with Crippen molar-refractivity contribution in [3.05, 3.63) is 28.4 Å². The number of nitrogens with one attached hydrogen (secondary N) is 1. The summed E-state index contributed by atoms with van der Waals surface area (Å²) in [5.41, 5.74) is 6.18. The second-order valence-electron chi connectivity index (χ2n) is 6.56. The van der Waals surface area contributed by atoms with Crippen LogP contribution in [0, 0.1) is 11.3 Å². The second-order valence-corrected chi connectivity index (χ2v) is 9.54. The molecule has 14 heteroatoms. The van der Waals surface area contributed by atoms with Gasteiger partial charge in [-0.05, 0) is 5.57 Å². The van der Waals surface area contributed by atoms with Crippen molar-refractivity contribution in [1.82, 2.24) is 15.2 Å². The summed E-state index contributed by atoms with van der Waals surface area (Å²) in [6, 6.07) is 0.997. The summed E-state index contributed by atoms with van der Waals surface area (Å²) < 4.78 is 0. The predicted molar refractivity (Wildman–Crippen MR) is 119 cm³/mol. The highest BCUT2D eigenvalue weighted by molar-refractivity contribution is 8.01. The third kappa shape index (κ3) is 4.90. The number of rotatable bonds is 9. The number of hydrogen-bond donors (Lipinski definition) is 4. The second kappa shape index (κ2) is 10.1. The summed E-state index contributed by atoms with van der Waals surface area (Å²) in [5, 5.41) is 30.9. The molecule has 2 atom stereocenters. The number of carbonyl (C=O) groups is 4. The van der Waals surface area contributed by atoms with E-state index in [1.807, 2.05) is 6.07 Å². The number of anilines is 1. The van der Waals surface area contributed by atoms with Gasteiger partial charge in [-0.15, -0.1) is 34.9 Å². The van der Waals surface area contributed by atoms with Gasteiger partial charge < -0.3 is 21.3 Å². The lowest BCUT2D eigenvalue weighted by atomic mass is 10.0. The molecule has 1 fully saturated rings. The maximum absolute atomic E-state index is 12.9. The van der Waals surface area contributed by atoms with Crippen LogP contribution in [0.25, 0.3) is 5.57 Å². The van der Waals surface area contributed by atoms with Crippen LogP contribution >= 0.6 is 34.9 Å². The number of carboxylic acid groups (broad SMARTS) is 2. The van der Waals surface area contributed by atoms with Crippen molar-refractivity contribution in [2.24, 2.45) is 0 Å². The molecule has 2 amide bonds. The minimum Gasteiger partial charge on any atom is -0.481 e. The van der Waals surface area contributed by atoms with Gasteiger partial charge in [0.05, 0.1) is 29.5 Å². The van der Waals surface area contributed by atoms with Crippen molar-refractivity contribution >= 4 is 69.3 Å². The summed E-state index contributed by atoms with van der Waals surface area (Å²) in [5.74, 6) is -2.83. The first-order valence-corrected chi connectivity index (χ1v) is 12.1. The van der Waals surface area contributed by atoms with Crippen LogP contribution in [-0.2, 0) is 19.2 Å². The van der Waals surface area contributed by atoms with Crippen LogP contribution in [0.15, 0.2) is 22.7 Å². The topological polar surface area (TPSA) is 187 Å². The lowest BCUT2D eigenvalue weighted by Gasteiger charge is -2.49. The van der Waals surface area contributed by atoms with Crippen molar-refractivity contribution in [3.63, 3.8) is 0 Å². The van der Waals surface area contributed by atoms with Gasteiger partial charge in [-0.1, -0.05) is 6.08 Å². The highest BCUT2D eigenvalue weighted by atomic mass is 32.2. The van der Waals surface area contributed by atoms with Crippen LogP contribution in [0.5, 0.6) is 0 Å². The van der Waals surface area contributed by atoms with Crippen LogP contribution in [0.2, 0.25) is 0 Å². The van der Waals surface area contributed by atoms with Crippen LogP contribution in [0.4, 0.5) is 5.13 Å². The van der Waals surface area contributed by atoms with Gasteiger partial charge in [-0.3, -0.25) is 19.3 Å². The van der Waals surface area contributed by atoms with Gasteiger partial charge in [-0.25, -0.2) is 9.78 Å². The van der Waals surface area contributed by atoms with E-state index in [9.17, 15) is 24.3 Å². The van der Waals surface area contributed by atoms with Crippen molar-refractivity contribution in [2.45, 2.75) is 17.8 Å². The lowest BCUT2D eigenvalue weighted by Crippen LogP contribution is -2.70. The Labute approximate surface area is 194 Å². The van der Waals surface area contributed by atoms with E-state index in [1.54, 1.807) is 0 Å². The van der Waals surface area contributed by atoms with E-state index >= 15 is 0 Å². The molecule has 0 saturated carbocycles. The number of nitrogen functional groups attached to an aromatic ring is 1. The van der Waals surface area contributed by atoms with Gasteiger partial charge in [0.15, 0.2) is 5.13 Å². The normalized spacial score (nSPS) is 20.3. The number of carboxylic acids is 2. The minimum atomic E-state index is -1.25. The number of thioether (sulfide) groups is 2. The Morgan fingerprint density at radius 1 is 1.44 bits per heavy atom. The Bertz CT molecular complexity index is 1080. The number of amides is 2. The molecule has 0 spiro atoms. The quantitative estimate of drug-likeness (QED) is 0.213. The Kier molecular flexibility index (Phi) is 7.44. The fourth-order valence-corrected chi connectivity index (χ4v) is 5.86. The smallest absolute Gasteiger partial charge is 0.352 e. The third-order valence-corrected chi connectivity index (χ3v) is 7.40. The molecule has 1 saturated heterocycles. The SMILES string of the molecule is N#CCSCC1=C(C(=O)O)N2C(=O)[C@@H](NC(=O)/C(=C/CC(=O)O)c3csc(N)n3)[C@H]2SC1. The van der Waals surface area contributed by atoms with E-state index in [0.29, 0.717) is 17.1 Å². The molecule has 0 aromatic carbocycles. The Morgan fingerprint density at radius 2 is 2.19 bits per heavy atom. The Morgan fingerprint density at radius 3 is 2.78 bits per heavy atom. The molecule has 1 aromatic heterocycles. The molecule has 1 aromatic rings. The van der Waals surface area contributed by atoms with E-state index < -0.39 is 41.6 Å². The molecular weight excluding hydrogens is 478 g/mol. The molecule has 3 rings (SSSR count). The number of nitrogens with two attached hydrogens (primary N) is 1. The maximum atomic E-state index is 12.9. The molecule has 32 heavy (non-hydrogen) atoms. The van der Waals surface area contributed by atoms with E-state index in [2.05, 4.69) is 10.3 Å². The lowest BCUT2D eigenvalue weighted by molar-refractivity contribution is -0.150. The van der Waals surface area contributed by atoms with E-state index in [1.165, 1.54) is 35.0 Å². The van der Waals surface area contributed by atoms with Crippen molar-refractivity contribution in [3.8, 4) is 6.07 Å². The zero-order valence-corrected chi connectivity index (χ0v) is 18.8. The molecule has 0 radical (unpaired) electrons. The number of aliphatic carboxylic acids is 2. The average Bonchev–Trinajstić information content (AvgIpc) is 3.17. The molecule has 168 valence electrons. The molecule has 0 aliphatic carbocycles. The van der Waals surface area contributed by atoms with Gasteiger partial charge >= 0.3 is 11.9 Å². The molecule has 5 N–H and O–H groups in total. The first kappa shape index (κ1) is 23.6. The summed E-state index contributed by atoms with van der Waals surface area (Å²) in [6.07, 6.45) is 0.757. The maximum Gasteiger partial charge on any atom is 0.352 e. The van der Waals surface area contributed by atoms with Gasteiger partial charge in [-0.2, -0.15) is 5.26 Å². The van der Waals surface area contributed by atoms with Crippen molar-refractivity contribution < 1.29 is 29.4 Å². The summed E-state index contributed by atoms with van der Waals surface area (Å²) in [4.78, 5) is 53.5. The predicted octanol–water partition coefficient (Wildman–Crippen LogP) is 0.579. The number of β-lactam (4-membered cyclic amide) rings is 1. The fraction of sp³-hybridized carbons (Fsp3) is 0.333. The average molecular weight is 496 g/mol. The van der Waals surface area contributed by atoms with Crippen LogP contribution < -0.4 is 11.1 Å². The molecule has 2 aliphatic heterocycles. The third-order valence-electron chi connectivity index (χ3n) is 4.50. The van der Waals surface area contributed by atoms with E-state index in [4.69, 9.17) is 16.1 Å². The first-order valence-electron chi connectivity index (χ1n) is 9.03. The molecule has 11 nitrogen and oxygen atoms in total. The molecule has 3 heterocycles. The van der Waals surface area contributed by atoms with Crippen molar-refractivity contribution in [1.29, 1.82) is 5.26 Å². The highest BCUT2D eigenvalue weighted by Crippen LogP contribution is 2.41. The van der Waals surface area contributed by atoms with Crippen molar-refractivity contribution in [2.75, 3.05) is 23.0 Å². The Hall–Kier alpha value is -3.02. The monoisotopic (exact) mass is 495 g/mol. The molecule has 0 unspecified atom stereocenters. The first-order chi connectivity index (χ1) is 15.2. The van der Waals surface area contributed by atoms with Gasteiger partial charge in [0.25, 0.3) is 11.8 Å². The number of nitriles is 1. The minimum absolute atomic E-state index is 0.0324. The summed E-state index contributed by atoms with van der Waals surface area (Å²) in [6.45, 7) is 0. The fourth-order valence-electron chi connectivity index (χ4n) is 3.15. The number of hydrogen-bond acceptors (Lipinski definition) is 10. The molecular formula is C18H17N5O6S3. The van der Waals surface area contributed by atoms with Crippen LogP contribution in [0.3, 0.4) is 0 Å². The van der Waals surface area contributed by atoms with Gasteiger partial charge in [0.1, 0.15) is 17.1 Å². The van der Waals surface area contributed by atoms with Gasteiger partial charge in [0.2, 0.25) is 0 Å². The number of aromatic nitrogens is 1. The summed E-state index contributed by atoms with van der Waals surface area (Å²) in [7, 11) is 0. The molecule has 0 bridgehead atoms.